The quantitative estimate of drug-likeness (QED) is 0.308. The third-order valence-corrected chi connectivity index (χ3v) is 7.34. The van der Waals surface area contributed by atoms with Gasteiger partial charge in [0.2, 0.25) is 0 Å². The molecule has 2 aromatic carbocycles. The van der Waals surface area contributed by atoms with E-state index >= 15 is 0 Å². The van der Waals surface area contributed by atoms with Crippen LogP contribution in [0.1, 0.15) is 25.8 Å². The highest BCUT2D eigenvalue weighted by Gasteiger charge is 2.25. The maximum absolute atomic E-state index is 13.2. The summed E-state index contributed by atoms with van der Waals surface area (Å²) in [6.45, 7) is 11.5. The zero-order chi connectivity index (χ0) is 24.0. The van der Waals surface area contributed by atoms with E-state index in [1.807, 2.05) is 43.3 Å². The third kappa shape index (κ3) is 4.08. The summed E-state index contributed by atoms with van der Waals surface area (Å²) < 4.78 is 12.4. The lowest BCUT2D eigenvalue weighted by molar-refractivity contribution is -0.131. The molecule has 0 radical (unpaired) electrons. The van der Waals surface area contributed by atoms with E-state index in [1.54, 1.807) is 11.3 Å². The van der Waals surface area contributed by atoms with E-state index in [1.165, 1.54) is 6.92 Å². The first-order valence-electron chi connectivity index (χ1n) is 11.5. The molecule has 1 saturated heterocycles. The van der Waals surface area contributed by atoms with Crippen LogP contribution in [-0.4, -0.2) is 48.1 Å². The van der Waals surface area contributed by atoms with E-state index in [2.05, 4.69) is 28.6 Å². The van der Waals surface area contributed by atoms with Gasteiger partial charge in [-0.15, -0.1) is 11.3 Å². The van der Waals surface area contributed by atoms with Crippen LogP contribution >= 0.6 is 11.3 Å². The second-order valence-corrected chi connectivity index (χ2v) is 9.94. The van der Waals surface area contributed by atoms with Crippen molar-refractivity contribution in [2.45, 2.75) is 33.7 Å². The van der Waals surface area contributed by atoms with Gasteiger partial charge in [-0.2, -0.15) is 0 Å². The highest BCUT2D eigenvalue weighted by molar-refractivity contribution is 7.18. The number of thiazole rings is 1. The second-order valence-electron chi connectivity index (χ2n) is 8.71. The maximum atomic E-state index is 13.2. The lowest BCUT2D eigenvalue weighted by Crippen LogP contribution is -2.51. The van der Waals surface area contributed by atoms with E-state index in [9.17, 15) is 9.59 Å². The summed E-state index contributed by atoms with van der Waals surface area (Å²) in [6, 6.07) is 11.8. The number of aryl methyl sites for hydroxylation is 1. The Morgan fingerprint density at radius 2 is 2.06 bits per heavy atom. The lowest BCUT2D eigenvalue weighted by Gasteiger charge is -2.40. The van der Waals surface area contributed by atoms with Gasteiger partial charge in [-0.05, 0) is 50.2 Å². The zero-order valence-corrected chi connectivity index (χ0v) is 20.6. The van der Waals surface area contributed by atoms with Crippen molar-refractivity contribution in [3.63, 3.8) is 0 Å². The number of esters is 1. The summed E-state index contributed by atoms with van der Waals surface area (Å²) in [5.74, 6) is -0.258. The number of fused-ring (bicyclic) bond motifs is 2. The molecule has 1 aliphatic rings. The largest absolute Gasteiger partial charge is 0.425 e. The predicted molar refractivity (Wildman–Crippen MR) is 136 cm³/mol. The molecule has 0 saturated carbocycles. The molecule has 1 fully saturated rings. The molecule has 0 spiro atoms. The summed E-state index contributed by atoms with van der Waals surface area (Å²) in [6.07, 6.45) is 0. The first kappa shape index (κ1) is 22.6. The van der Waals surface area contributed by atoms with Crippen LogP contribution in [0.3, 0.4) is 0 Å². The number of hydrogen-bond acceptors (Lipinski definition) is 8. The van der Waals surface area contributed by atoms with Gasteiger partial charge in [-0.1, -0.05) is 13.0 Å². The Kier molecular flexibility index (Phi) is 5.87. The molecule has 7 nitrogen and oxygen atoms in total. The first-order chi connectivity index (χ1) is 16.3. The van der Waals surface area contributed by atoms with Crippen molar-refractivity contribution < 1.29 is 13.9 Å². The Bertz CT molecular complexity index is 1460. The monoisotopic (exact) mass is 477 g/mol. The zero-order valence-electron chi connectivity index (χ0n) is 19.8. The lowest BCUT2D eigenvalue weighted by atomic mass is 10.0. The van der Waals surface area contributed by atoms with E-state index in [0.29, 0.717) is 22.6 Å². The Morgan fingerprint density at radius 1 is 1.24 bits per heavy atom. The normalized spacial score (nSPS) is 16.9. The number of likely N-dealkylation sites (N-methyl/N-ethyl adjacent to an activating group) is 1. The summed E-state index contributed by atoms with van der Waals surface area (Å²) >= 11 is 1.55. The summed E-state index contributed by atoms with van der Waals surface area (Å²) in [5.41, 5.74) is 2.60. The van der Waals surface area contributed by atoms with Crippen LogP contribution in [0.5, 0.6) is 5.75 Å². The number of benzene rings is 2. The predicted octanol–water partition coefficient (Wildman–Crippen LogP) is 4.83. The molecule has 0 amide bonds. The minimum Gasteiger partial charge on any atom is -0.425 e. The minimum absolute atomic E-state index is 0.232. The van der Waals surface area contributed by atoms with Crippen molar-refractivity contribution in [1.29, 1.82) is 0 Å². The van der Waals surface area contributed by atoms with Gasteiger partial charge >= 0.3 is 11.6 Å². The van der Waals surface area contributed by atoms with Crippen molar-refractivity contribution in [2.24, 2.45) is 0 Å². The first-order valence-corrected chi connectivity index (χ1v) is 12.3. The minimum atomic E-state index is -0.536. The van der Waals surface area contributed by atoms with Crippen LogP contribution < -0.4 is 15.3 Å². The maximum Gasteiger partial charge on any atom is 0.348 e. The molecular formula is C26H27N3O4S. The van der Waals surface area contributed by atoms with E-state index in [4.69, 9.17) is 9.15 Å². The molecule has 0 aliphatic carbocycles. The van der Waals surface area contributed by atoms with Crippen LogP contribution in [0.4, 0.5) is 5.69 Å². The number of aromatic nitrogens is 1. The SMILES string of the molecule is CCN1CCN(c2ccc3c(OC(C)=O)c(-c4ccc5nc(C)sc5c4)c(=O)oc3c2)C[C@@H]1C. The van der Waals surface area contributed by atoms with E-state index in [0.717, 1.165) is 47.1 Å². The van der Waals surface area contributed by atoms with Crippen LogP contribution in [0.2, 0.25) is 0 Å². The second kappa shape index (κ2) is 8.85. The average Bonchev–Trinajstić information content (AvgIpc) is 3.17. The standard InChI is InChI=1S/C26H27N3O4S/c1-5-28-10-11-29(14-15(28)2)19-7-8-20-22(13-19)33-26(31)24(25(20)32-17(4)30)18-6-9-21-23(12-18)34-16(3)27-21/h6-9,12-13,15H,5,10-11,14H2,1-4H3/t15-/m0/s1. The van der Waals surface area contributed by atoms with Crippen molar-refractivity contribution in [3.8, 4) is 16.9 Å². The molecule has 1 atom stereocenters. The van der Waals surface area contributed by atoms with Gasteiger partial charge in [0, 0.05) is 44.4 Å². The van der Waals surface area contributed by atoms with Crippen LogP contribution in [0.15, 0.2) is 45.6 Å². The van der Waals surface area contributed by atoms with Gasteiger partial charge in [0.05, 0.1) is 20.6 Å². The van der Waals surface area contributed by atoms with Crippen LogP contribution in [0.25, 0.3) is 32.3 Å². The average molecular weight is 478 g/mol. The molecule has 3 heterocycles. The number of nitrogens with zero attached hydrogens (tertiary/aromatic N) is 3. The van der Waals surface area contributed by atoms with Gasteiger partial charge in [0.15, 0.2) is 5.75 Å². The summed E-state index contributed by atoms with van der Waals surface area (Å²) in [5, 5.41) is 1.54. The Morgan fingerprint density at radius 3 is 2.79 bits per heavy atom. The molecule has 4 aromatic rings. The van der Waals surface area contributed by atoms with Crippen molar-refractivity contribution in [3.05, 3.63) is 51.8 Å². The Hall–Kier alpha value is -3.23. The van der Waals surface area contributed by atoms with Crippen molar-refractivity contribution in [2.75, 3.05) is 31.1 Å². The highest BCUT2D eigenvalue weighted by Crippen LogP contribution is 2.38. The molecule has 0 bridgehead atoms. The van der Waals surface area contributed by atoms with Crippen LogP contribution in [0, 0.1) is 6.92 Å². The summed E-state index contributed by atoms with van der Waals surface area (Å²) in [7, 11) is 0. The fraction of sp³-hybridized carbons (Fsp3) is 0.346. The number of anilines is 1. The topological polar surface area (TPSA) is 75.9 Å². The third-order valence-electron chi connectivity index (χ3n) is 6.41. The van der Waals surface area contributed by atoms with E-state index in [-0.39, 0.29) is 11.3 Å². The van der Waals surface area contributed by atoms with Gasteiger partial charge in [0.25, 0.3) is 0 Å². The van der Waals surface area contributed by atoms with Crippen LogP contribution in [-0.2, 0) is 4.79 Å². The van der Waals surface area contributed by atoms with Gasteiger partial charge < -0.3 is 14.1 Å². The summed E-state index contributed by atoms with van der Waals surface area (Å²) in [4.78, 5) is 34.4. The number of piperazine rings is 1. The molecule has 176 valence electrons. The van der Waals surface area contributed by atoms with Crippen molar-refractivity contribution in [1.82, 2.24) is 9.88 Å². The van der Waals surface area contributed by atoms with Gasteiger partial charge in [-0.3, -0.25) is 9.69 Å². The molecule has 5 rings (SSSR count). The number of hydrogen-bond donors (Lipinski definition) is 0. The number of rotatable bonds is 4. The molecule has 1 aliphatic heterocycles. The smallest absolute Gasteiger partial charge is 0.348 e. The Balaban J connectivity index is 1.62. The highest BCUT2D eigenvalue weighted by atomic mass is 32.1. The van der Waals surface area contributed by atoms with Gasteiger partial charge in [0.1, 0.15) is 11.1 Å². The molecule has 8 heteroatoms. The number of carbonyl (C=O) groups excluding carboxylic acids is 1. The fourth-order valence-electron chi connectivity index (χ4n) is 4.75. The molecule has 34 heavy (non-hydrogen) atoms. The number of carbonyl (C=O) groups is 1. The molecule has 0 N–H and O–H groups in total. The fourth-order valence-corrected chi connectivity index (χ4v) is 5.62. The molecule has 0 unspecified atom stereocenters. The molecular weight excluding hydrogens is 450 g/mol. The van der Waals surface area contributed by atoms with Gasteiger partial charge in [-0.25, -0.2) is 9.78 Å². The van der Waals surface area contributed by atoms with E-state index < -0.39 is 11.6 Å². The molecule has 2 aromatic heterocycles. The Labute approximate surface area is 201 Å². The number of ether oxygens (including phenoxy) is 1. The van der Waals surface area contributed by atoms with Crippen molar-refractivity contribution >= 4 is 44.2 Å².